The van der Waals surface area contributed by atoms with Crippen molar-refractivity contribution in [3.8, 4) is 0 Å². The lowest BCUT2D eigenvalue weighted by atomic mass is 10.0. The average molecular weight is 322 g/mol. The Balaban J connectivity index is 1.86. The van der Waals surface area contributed by atoms with Gasteiger partial charge in [-0.3, -0.25) is 5.01 Å². The van der Waals surface area contributed by atoms with Crippen molar-refractivity contribution < 1.29 is 0 Å². The van der Waals surface area contributed by atoms with E-state index < -0.39 is 0 Å². The summed E-state index contributed by atoms with van der Waals surface area (Å²) in [5.41, 5.74) is 7.02. The minimum absolute atomic E-state index is 0.384. The van der Waals surface area contributed by atoms with Gasteiger partial charge < -0.3 is 9.47 Å². The van der Waals surface area contributed by atoms with Gasteiger partial charge in [-0.2, -0.15) is 5.10 Å². The standard InChI is InChI=1S/C20H26N4/c1-14-5-6-19-16(11-14)17-13-22(3)10-8-20(17)24(19)12-15(2)18-7-9-21-23(18)4/h5-6,9,11-12,18H,7-8,10,13H2,1-4H3/b15-12-. The number of fused-ring (bicyclic) bond motifs is 3. The number of aryl methyl sites for hydroxylation is 1. The minimum Gasteiger partial charge on any atom is -0.320 e. The number of hydrazone groups is 1. The number of nitrogens with zero attached hydrogens (tertiary/aromatic N) is 4. The van der Waals surface area contributed by atoms with Crippen LogP contribution in [-0.2, 0) is 13.0 Å². The Morgan fingerprint density at radius 3 is 2.88 bits per heavy atom. The molecule has 0 saturated heterocycles. The van der Waals surface area contributed by atoms with E-state index >= 15 is 0 Å². The van der Waals surface area contributed by atoms with Gasteiger partial charge in [-0.05, 0) is 44.2 Å². The van der Waals surface area contributed by atoms with Gasteiger partial charge >= 0.3 is 0 Å². The Kier molecular flexibility index (Phi) is 3.72. The van der Waals surface area contributed by atoms with Crippen LogP contribution in [0.2, 0.25) is 0 Å². The van der Waals surface area contributed by atoms with E-state index in [0.29, 0.717) is 6.04 Å². The van der Waals surface area contributed by atoms with Crippen molar-refractivity contribution in [2.75, 3.05) is 20.6 Å². The molecule has 1 unspecified atom stereocenters. The lowest BCUT2D eigenvalue weighted by Crippen LogP contribution is -2.27. The van der Waals surface area contributed by atoms with E-state index in [1.54, 1.807) is 0 Å². The summed E-state index contributed by atoms with van der Waals surface area (Å²) in [6, 6.07) is 7.23. The molecule has 0 fully saturated rings. The van der Waals surface area contributed by atoms with E-state index in [1.807, 2.05) is 6.21 Å². The first kappa shape index (κ1) is 15.5. The predicted octanol–water partition coefficient (Wildman–Crippen LogP) is 3.49. The molecular formula is C20H26N4. The Morgan fingerprint density at radius 2 is 2.12 bits per heavy atom. The highest BCUT2D eigenvalue weighted by Gasteiger charge is 2.23. The van der Waals surface area contributed by atoms with Crippen LogP contribution in [0.4, 0.5) is 0 Å². The lowest BCUT2D eigenvalue weighted by molar-refractivity contribution is 0.311. The van der Waals surface area contributed by atoms with Crippen LogP contribution in [-0.4, -0.2) is 47.4 Å². The number of benzene rings is 1. The van der Waals surface area contributed by atoms with E-state index in [2.05, 4.69) is 71.9 Å². The van der Waals surface area contributed by atoms with Crippen molar-refractivity contribution in [3.05, 3.63) is 40.6 Å². The van der Waals surface area contributed by atoms with Crippen molar-refractivity contribution in [2.24, 2.45) is 5.10 Å². The van der Waals surface area contributed by atoms with E-state index in [1.165, 1.54) is 33.3 Å². The second-order valence-corrected chi connectivity index (χ2v) is 7.30. The largest absolute Gasteiger partial charge is 0.320 e. The smallest absolute Gasteiger partial charge is 0.0741 e. The zero-order valence-electron chi connectivity index (χ0n) is 15.1. The molecule has 1 aromatic carbocycles. The SMILES string of the molecule is C/C(=C/n1c2c(c3cc(C)ccc31)CN(C)CC2)C1CC=NN1C. The number of hydrogen-bond donors (Lipinski definition) is 0. The fourth-order valence-corrected chi connectivity index (χ4v) is 4.07. The molecular weight excluding hydrogens is 296 g/mol. The highest BCUT2D eigenvalue weighted by molar-refractivity contribution is 5.88. The van der Waals surface area contributed by atoms with E-state index in [4.69, 9.17) is 0 Å². The van der Waals surface area contributed by atoms with Gasteiger partial charge in [0, 0.05) is 56.5 Å². The van der Waals surface area contributed by atoms with Gasteiger partial charge in [0.1, 0.15) is 0 Å². The molecule has 24 heavy (non-hydrogen) atoms. The summed E-state index contributed by atoms with van der Waals surface area (Å²) in [7, 11) is 4.28. The normalized spacial score (nSPS) is 21.8. The van der Waals surface area contributed by atoms with Crippen LogP contribution < -0.4 is 0 Å². The van der Waals surface area contributed by atoms with E-state index in [-0.39, 0.29) is 0 Å². The van der Waals surface area contributed by atoms with Crippen molar-refractivity contribution in [1.29, 1.82) is 0 Å². The van der Waals surface area contributed by atoms with Crippen molar-refractivity contribution in [2.45, 2.75) is 39.3 Å². The van der Waals surface area contributed by atoms with Crippen LogP contribution in [0.5, 0.6) is 0 Å². The van der Waals surface area contributed by atoms with Gasteiger partial charge in [0.25, 0.3) is 0 Å². The first-order valence-electron chi connectivity index (χ1n) is 8.79. The molecule has 0 amide bonds. The molecule has 0 aliphatic carbocycles. The van der Waals surface area contributed by atoms with Gasteiger partial charge in [-0.15, -0.1) is 0 Å². The predicted molar refractivity (Wildman–Crippen MR) is 101 cm³/mol. The maximum Gasteiger partial charge on any atom is 0.0741 e. The topological polar surface area (TPSA) is 23.8 Å². The van der Waals surface area contributed by atoms with E-state index in [9.17, 15) is 0 Å². The van der Waals surface area contributed by atoms with Crippen LogP contribution in [0.25, 0.3) is 17.1 Å². The molecule has 3 heterocycles. The Hall–Kier alpha value is -2.07. The zero-order valence-corrected chi connectivity index (χ0v) is 15.1. The summed E-state index contributed by atoms with van der Waals surface area (Å²) in [4.78, 5) is 2.42. The maximum absolute atomic E-state index is 4.39. The van der Waals surface area contributed by atoms with Crippen LogP contribution in [0.3, 0.4) is 0 Å². The molecule has 4 heteroatoms. The summed E-state index contributed by atoms with van der Waals surface area (Å²) < 4.78 is 2.44. The number of likely N-dealkylation sites (N-methyl/N-ethyl adjacent to an activating group) is 2. The first-order chi connectivity index (χ1) is 11.5. The molecule has 4 nitrogen and oxygen atoms in total. The highest BCUT2D eigenvalue weighted by Crippen LogP contribution is 2.32. The van der Waals surface area contributed by atoms with Crippen LogP contribution in [0.1, 0.15) is 30.2 Å². The number of rotatable bonds is 2. The second kappa shape index (κ2) is 5.78. The summed E-state index contributed by atoms with van der Waals surface area (Å²) in [6.07, 6.45) is 6.48. The van der Waals surface area contributed by atoms with Gasteiger partial charge in [-0.25, -0.2) is 0 Å². The molecule has 1 atom stereocenters. The molecule has 126 valence electrons. The van der Waals surface area contributed by atoms with Crippen molar-refractivity contribution >= 4 is 23.3 Å². The number of hydrogen-bond acceptors (Lipinski definition) is 3. The second-order valence-electron chi connectivity index (χ2n) is 7.30. The van der Waals surface area contributed by atoms with Gasteiger partial charge in [0.15, 0.2) is 0 Å². The third kappa shape index (κ3) is 2.46. The Labute approximate surface area is 144 Å². The zero-order chi connectivity index (χ0) is 16.8. The van der Waals surface area contributed by atoms with Crippen molar-refractivity contribution in [1.82, 2.24) is 14.5 Å². The third-order valence-electron chi connectivity index (χ3n) is 5.44. The van der Waals surface area contributed by atoms with Gasteiger partial charge in [0.05, 0.1) is 11.6 Å². The molecule has 2 aliphatic rings. The maximum atomic E-state index is 4.39. The molecule has 0 N–H and O–H groups in total. The molecule has 0 bridgehead atoms. The Bertz CT molecular complexity index is 843. The Morgan fingerprint density at radius 1 is 1.29 bits per heavy atom. The minimum atomic E-state index is 0.384. The van der Waals surface area contributed by atoms with Gasteiger partial charge in [0.2, 0.25) is 0 Å². The third-order valence-corrected chi connectivity index (χ3v) is 5.44. The summed E-state index contributed by atoms with van der Waals surface area (Å²) in [6.45, 7) is 6.59. The van der Waals surface area contributed by atoms with Crippen LogP contribution in [0.15, 0.2) is 28.9 Å². The van der Waals surface area contributed by atoms with E-state index in [0.717, 1.165) is 25.9 Å². The van der Waals surface area contributed by atoms with Gasteiger partial charge in [-0.1, -0.05) is 11.6 Å². The molecule has 0 spiro atoms. The molecule has 4 rings (SSSR count). The summed E-state index contributed by atoms with van der Waals surface area (Å²) >= 11 is 0. The quantitative estimate of drug-likeness (QED) is 0.845. The van der Waals surface area contributed by atoms with Crippen LogP contribution in [0, 0.1) is 6.92 Å². The molecule has 1 aromatic heterocycles. The lowest BCUT2D eigenvalue weighted by Gasteiger charge is -2.24. The monoisotopic (exact) mass is 322 g/mol. The average Bonchev–Trinajstić information content (AvgIpc) is 3.10. The molecule has 0 saturated carbocycles. The molecule has 2 aliphatic heterocycles. The van der Waals surface area contributed by atoms with Crippen LogP contribution >= 0.6 is 0 Å². The summed E-state index contributed by atoms with van der Waals surface area (Å²) in [5.74, 6) is 0. The first-order valence-corrected chi connectivity index (χ1v) is 8.79. The highest BCUT2D eigenvalue weighted by atomic mass is 15.5. The number of aromatic nitrogens is 1. The fourth-order valence-electron chi connectivity index (χ4n) is 4.07. The molecule has 2 aromatic rings. The summed E-state index contributed by atoms with van der Waals surface area (Å²) in [5, 5.41) is 7.88. The molecule has 0 radical (unpaired) electrons. The fraction of sp³-hybridized carbons (Fsp3) is 0.450. The van der Waals surface area contributed by atoms with Crippen molar-refractivity contribution in [3.63, 3.8) is 0 Å².